The normalized spacial score (nSPS) is 15.3. The fourth-order valence-corrected chi connectivity index (χ4v) is 5.39. The molecule has 1 saturated heterocycles. The lowest BCUT2D eigenvalue weighted by atomic mass is 9.95. The van der Waals surface area contributed by atoms with E-state index < -0.39 is 0 Å². The van der Waals surface area contributed by atoms with Crippen LogP contribution in [0.25, 0.3) is 0 Å². The van der Waals surface area contributed by atoms with Crippen molar-refractivity contribution in [2.24, 2.45) is 5.92 Å². The summed E-state index contributed by atoms with van der Waals surface area (Å²) in [6, 6.07) is 8.94. The molecule has 0 atom stereocenters. The van der Waals surface area contributed by atoms with Crippen LogP contribution in [0.4, 0.5) is 5.69 Å². The van der Waals surface area contributed by atoms with Gasteiger partial charge in [0.15, 0.2) is 11.5 Å². The zero-order chi connectivity index (χ0) is 24.4. The molecule has 0 bridgehead atoms. The molecule has 2 amide bonds. The van der Waals surface area contributed by atoms with Gasteiger partial charge in [-0.2, -0.15) is 0 Å². The van der Waals surface area contributed by atoms with Gasteiger partial charge in [0, 0.05) is 48.3 Å². The van der Waals surface area contributed by atoms with Crippen molar-refractivity contribution in [3.05, 3.63) is 59.1 Å². The lowest BCUT2D eigenvalue weighted by Gasteiger charge is -2.31. The number of hydrogen-bond acceptors (Lipinski definition) is 8. The lowest BCUT2D eigenvalue weighted by Crippen LogP contribution is -2.41. The number of carbonyl (C=O) groups excluding carboxylic acids is 2. The predicted octanol–water partition coefficient (Wildman–Crippen LogP) is 4.20. The Morgan fingerprint density at radius 2 is 1.94 bits per heavy atom. The van der Waals surface area contributed by atoms with Crippen molar-refractivity contribution >= 4 is 29.3 Å². The number of likely N-dealkylation sites (tertiary alicyclic amines) is 1. The Balaban J connectivity index is 1.18. The van der Waals surface area contributed by atoms with E-state index in [1.165, 1.54) is 11.8 Å². The van der Waals surface area contributed by atoms with Gasteiger partial charge in [0.25, 0.3) is 5.91 Å². The second kappa shape index (κ2) is 9.99. The molecule has 3 aromatic rings. The fourth-order valence-electron chi connectivity index (χ4n) is 4.25. The molecule has 5 rings (SSSR count). The molecule has 2 aliphatic rings. The highest BCUT2D eigenvalue weighted by Crippen LogP contribution is 2.35. The Morgan fingerprint density at radius 1 is 1.14 bits per heavy atom. The molecule has 0 saturated carbocycles. The first kappa shape index (κ1) is 23.2. The second-order valence-electron chi connectivity index (χ2n) is 8.57. The van der Waals surface area contributed by atoms with Crippen molar-refractivity contribution in [3.63, 3.8) is 0 Å². The van der Waals surface area contributed by atoms with Crippen molar-refractivity contribution in [2.75, 3.05) is 25.2 Å². The van der Waals surface area contributed by atoms with Crippen LogP contribution in [0.3, 0.4) is 0 Å². The number of benzene rings is 1. The van der Waals surface area contributed by atoms with Crippen molar-refractivity contribution in [2.45, 2.75) is 37.5 Å². The minimum Gasteiger partial charge on any atom is -0.454 e. The van der Waals surface area contributed by atoms with Gasteiger partial charge in [0.05, 0.1) is 11.3 Å². The van der Waals surface area contributed by atoms with E-state index in [-0.39, 0.29) is 24.5 Å². The maximum absolute atomic E-state index is 13.3. The molecule has 182 valence electrons. The summed E-state index contributed by atoms with van der Waals surface area (Å²) >= 11 is 1.50. The van der Waals surface area contributed by atoms with Gasteiger partial charge >= 0.3 is 0 Å². The molecule has 2 aromatic heterocycles. The third kappa shape index (κ3) is 4.97. The minimum absolute atomic E-state index is 0.0481. The molecule has 35 heavy (non-hydrogen) atoms. The number of carbonyl (C=O) groups is 2. The highest BCUT2D eigenvalue weighted by atomic mass is 32.2. The molecule has 2 aliphatic heterocycles. The topological polar surface area (TPSA) is 107 Å². The van der Waals surface area contributed by atoms with E-state index in [9.17, 15) is 9.59 Å². The first-order chi connectivity index (χ1) is 17.0. The largest absolute Gasteiger partial charge is 0.454 e. The molecule has 0 radical (unpaired) electrons. The highest BCUT2D eigenvalue weighted by Gasteiger charge is 2.29. The molecule has 0 spiro atoms. The number of fused-ring (bicyclic) bond motifs is 1. The average molecular weight is 495 g/mol. The number of amides is 2. The SMILES string of the molecule is Cc1noc(C)c1CSc1ncccc1C(=O)N1CCC(C(=O)Nc2ccc3c(c2)OCO3)CC1. The number of anilines is 1. The Hall–Kier alpha value is -3.53. The van der Waals surface area contributed by atoms with Crippen molar-refractivity contribution in [3.8, 4) is 11.5 Å². The number of pyridine rings is 1. The van der Waals surface area contributed by atoms with E-state index in [4.69, 9.17) is 14.0 Å². The van der Waals surface area contributed by atoms with Gasteiger partial charge in [-0.3, -0.25) is 9.59 Å². The summed E-state index contributed by atoms with van der Waals surface area (Å²) in [7, 11) is 0. The standard InChI is InChI=1S/C25H26N4O5S/c1-15-20(16(2)34-28-15)13-35-24-19(4-3-9-26-24)25(31)29-10-7-17(8-11-29)23(30)27-18-5-6-21-22(12-18)33-14-32-21/h3-6,9,12,17H,7-8,10-11,13-14H2,1-2H3,(H,27,30). The summed E-state index contributed by atoms with van der Waals surface area (Å²) < 4.78 is 15.9. The van der Waals surface area contributed by atoms with Crippen LogP contribution >= 0.6 is 11.8 Å². The van der Waals surface area contributed by atoms with Crippen LogP contribution < -0.4 is 14.8 Å². The molecule has 1 N–H and O–H groups in total. The first-order valence-corrected chi connectivity index (χ1v) is 12.5. The molecular weight excluding hydrogens is 468 g/mol. The Kier molecular flexibility index (Phi) is 6.63. The van der Waals surface area contributed by atoms with E-state index in [2.05, 4.69) is 15.5 Å². The summed E-state index contributed by atoms with van der Waals surface area (Å²) in [5.74, 6) is 2.44. The number of nitrogens with zero attached hydrogens (tertiary/aromatic N) is 3. The van der Waals surface area contributed by atoms with Crippen LogP contribution in [-0.4, -0.2) is 46.7 Å². The van der Waals surface area contributed by atoms with Crippen LogP contribution in [0.2, 0.25) is 0 Å². The fraction of sp³-hybridized carbons (Fsp3) is 0.360. The van der Waals surface area contributed by atoms with Crippen LogP contribution in [0.5, 0.6) is 11.5 Å². The Labute approximate surface area is 207 Å². The van der Waals surface area contributed by atoms with Gasteiger partial charge in [0.1, 0.15) is 10.8 Å². The zero-order valence-corrected chi connectivity index (χ0v) is 20.4. The lowest BCUT2D eigenvalue weighted by molar-refractivity contribution is -0.121. The molecule has 0 unspecified atom stereocenters. The minimum atomic E-state index is -0.160. The summed E-state index contributed by atoms with van der Waals surface area (Å²) in [6.07, 6.45) is 2.90. The van der Waals surface area contributed by atoms with Crippen LogP contribution in [0.1, 0.15) is 40.2 Å². The number of nitrogens with one attached hydrogen (secondary N) is 1. The monoisotopic (exact) mass is 494 g/mol. The molecule has 1 aromatic carbocycles. The summed E-state index contributed by atoms with van der Waals surface area (Å²) in [5.41, 5.74) is 3.12. The maximum atomic E-state index is 13.3. The van der Waals surface area contributed by atoms with Gasteiger partial charge < -0.3 is 24.2 Å². The number of thioether (sulfide) groups is 1. The zero-order valence-electron chi connectivity index (χ0n) is 19.6. The number of aryl methyl sites for hydroxylation is 2. The van der Waals surface area contributed by atoms with E-state index in [1.807, 2.05) is 19.9 Å². The van der Waals surface area contributed by atoms with Crippen LogP contribution in [-0.2, 0) is 10.5 Å². The van der Waals surface area contributed by atoms with E-state index in [0.29, 0.717) is 59.5 Å². The van der Waals surface area contributed by atoms with Crippen molar-refractivity contribution in [1.29, 1.82) is 0 Å². The summed E-state index contributed by atoms with van der Waals surface area (Å²) in [4.78, 5) is 32.4. The van der Waals surface area contributed by atoms with Crippen LogP contribution in [0.15, 0.2) is 46.1 Å². The molecule has 0 aliphatic carbocycles. The third-order valence-corrected chi connectivity index (χ3v) is 7.36. The second-order valence-corrected chi connectivity index (χ2v) is 9.54. The van der Waals surface area contributed by atoms with Crippen molar-refractivity contribution < 1.29 is 23.6 Å². The van der Waals surface area contributed by atoms with Gasteiger partial charge in [-0.05, 0) is 51.0 Å². The van der Waals surface area contributed by atoms with Gasteiger partial charge in [-0.25, -0.2) is 4.98 Å². The van der Waals surface area contributed by atoms with Gasteiger partial charge in [-0.1, -0.05) is 5.16 Å². The number of ether oxygens (including phenoxy) is 2. The highest BCUT2D eigenvalue weighted by molar-refractivity contribution is 7.98. The Bertz CT molecular complexity index is 1230. The predicted molar refractivity (Wildman–Crippen MR) is 130 cm³/mol. The van der Waals surface area contributed by atoms with Gasteiger partial charge in [0.2, 0.25) is 12.7 Å². The quantitative estimate of drug-likeness (QED) is 0.508. The van der Waals surface area contributed by atoms with E-state index >= 15 is 0 Å². The van der Waals surface area contributed by atoms with Crippen LogP contribution in [0, 0.1) is 19.8 Å². The molecule has 4 heterocycles. The average Bonchev–Trinajstić information content (AvgIpc) is 3.48. The number of aromatic nitrogens is 2. The summed E-state index contributed by atoms with van der Waals surface area (Å²) in [5, 5.41) is 7.64. The maximum Gasteiger partial charge on any atom is 0.256 e. The molecule has 10 heteroatoms. The summed E-state index contributed by atoms with van der Waals surface area (Å²) in [6.45, 7) is 5.01. The molecule has 1 fully saturated rings. The van der Waals surface area contributed by atoms with E-state index in [0.717, 1.165) is 17.0 Å². The molecule has 9 nitrogen and oxygen atoms in total. The Morgan fingerprint density at radius 3 is 2.71 bits per heavy atom. The third-order valence-electron chi connectivity index (χ3n) is 6.33. The smallest absolute Gasteiger partial charge is 0.256 e. The number of hydrogen-bond donors (Lipinski definition) is 1. The van der Waals surface area contributed by atoms with Crippen molar-refractivity contribution in [1.82, 2.24) is 15.0 Å². The van der Waals surface area contributed by atoms with E-state index in [1.54, 1.807) is 35.4 Å². The van der Waals surface area contributed by atoms with Gasteiger partial charge in [-0.15, -0.1) is 11.8 Å². The number of rotatable bonds is 6. The first-order valence-electron chi connectivity index (χ1n) is 11.5. The molecular formula is C25H26N4O5S. The number of piperidine rings is 1.